The third-order valence-electron chi connectivity index (χ3n) is 4.24. The van der Waals surface area contributed by atoms with Gasteiger partial charge in [0.25, 0.3) is 0 Å². The van der Waals surface area contributed by atoms with Crippen LogP contribution in [-0.4, -0.2) is 73.3 Å². The van der Waals surface area contributed by atoms with Crippen LogP contribution >= 0.6 is 0 Å². The normalized spacial score (nSPS) is 16.0. The molecular formula is C18H27N3O2. The quantitative estimate of drug-likeness (QED) is 0.837. The van der Waals surface area contributed by atoms with Crippen LogP contribution in [0.1, 0.15) is 17.5 Å². The highest BCUT2D eigenvalue weighted by Crippen LogP contribution is 2.09. The van der Waals surface area contributed by atoms with Crippen LogP contribution in [0.2, 0.25) is 0 Å². The molecule has 1 fully saturated rings. The predicted octanol–water partition coefficient (Wildman–Crippen LogP) is 1.16. The molecule has 126 valence electrons. The van der Waals surface area contributed by atoms with Crippen LogP contribution in [0.4, 0.5) is 0 Å². The number of hydrogen-bond donors (Lipinski definition) is 0. The van der Waals surface area contributed by atoms with Crippen LogP contribution in [0.15, 0.2) is 24.3 Å². The van der Waals surface area contributed by atoms with Gasteiger partial charge in [-0.3, -0.25) is 14.5 Å². The summed E-state index contributed by atoms with van der Waals surface area (Å²) in [7, 11) is 3.55. The van der Waals surface area contributed by atoms with Gasteiger partial charge in [-0.25, -0.2) is 0 Å². The Balaban J connectivity index is 1.87. The topological polar surface area (TPSA) is 43.9 Å². The molecule has 0 bridgehead atoms. The molecule has 5 nitrogen and oxygen atoms in total. The molecule has 0 unspecified atom stereocenters. The van der Waals surface area contributed by atoms with E-state index in [1.165, 1.54) is 5.56 Å². The first kappa shape index (κ1) is 17.5. The Kier molecular flexibility index (Phi) is 6.16. The van der Waals surface area contributed by atoms with Gasteiger partial charge < -0.3 is 9.80 Å². The van der Waals surface area contributed by atoms with Crippen molar-refractivity contribution in [2.75, 3.05) is 46.8 Å². The maximum Gasteiger partial charge on any atom is 0.236 e. The minimum atomic E-state index is 0.115. The van der Waals surface area contributed by atoms with Crippen molar-refractivity contribution in [1.29, 1.82) is 0 Å². The number of benzene rings is 1. The minimum Gasteiger partial charge on any atom is -0.348 e. The van der Waals surface area contributed by atoms with Crippen molar-refractivity contribution in [2.24, 2.45) is 0 Å². The Labute approximate surface area is 138 Å². The Morgan fingerprint density at radius 3 is 2.61 bits per heavy atom. The van der Waals surface area contributed by atoms with E-state index in [1.54, 1.807) is 19.0 Å². The Bertz CT molecular complexity index is 557. The summed E-state index contributed by atoms with van der Waals surface area (Å²) in [5.74, 6) is 0.293. The molecule has 0 spiro atoms. The van der Waals surface area contributed by atoms with E-state index in [0.29, 0.717) is 19.5 Å². The molecule has 5 heteroatoms. The SMILES string of the molecule is Cc1cccc(CC(=O)N2CCCN(CC(=O)N(C)C)CC2)c1. The standard InChI is InChI=1S/C18H27N3O2/c1-15-6-4-7-16(12-15)13-17(22)21-9-5-8-20(10-11-21)14-18(23)19(2)3/h4,6-7,12H,5,8-11,13-14H2,1-3H3. The number of nitrogens with zero attached hydrogens (tertiary/aromatic N) is 3. The van der Waals surface area contributed by atoms with Crippen LogP contribution in [0.25, 0.3) is 0 Å². The Morgan fingerprint density at radius 1 is 1.13 bits per heavy atom. The fourth-order valence-corrected chi connectivity index (χ4v) is 2.82. The van der Waals surface area contributed by atoms with Crippen molar-refractivity contribution in [3.8, 4) is 0 Å². The van der Waals surface area contributed by atoms with Gasteiger partial charge in [0.1, 0.15) is 0 Å². The van der Waals surface area contributed by atoms with E-state index in [4.69, 9.17) is 0 Å². The predicted molar refractivity (Wildman–Crippen MR) is 91.2 cm³/mol. The molecule has 0 atom stereocenters. The lowest BCUT2D eigenvalue weighted by Gasteiger charge is -2.23. The summed E-state index contributed by atoms with van der Waals surface area (Å²) in [5.41, 5.74) is 2.25. The Hall–Kier alpha value is -1.88. The molecule has 1 saturated heterocycles. The highest BCUT2D eigenvalue weighted by Gasteiger charge is 2.21. The van der Waals surface area contributed by atoms with Crippen molar-refractivity contribution in [2.45, 2.75) is 19.8 Å². The molecule has 2 rings (SSSR count). The summed E-state index contributed by atoms with van der Waals surface area (Å²) in [5, 5.41) is 0. The van der Waals surface area contributed by atoms with Gasteiger partial charge in [-0.2, -0.15) is 0 Å². The van der Waals surface area contributed by atoms with E-state index in [0.717, 1.165) is 31.6 Å². The molecule has 1 aromatic carbocycles. The summed E-state index contributed by atoms with van der Waals surface area (Å²) in [4.78, 5) is 30.0. The Morgan fingerprint density at radius 2 is 1.91 bits per heavy atom. The molecule has 1 aliphatic rings. The highest BCUT2D eigenvalue weighted by atomic mass is 16.2. The molecule has 0 N–H and O–H groups in total. The second kappa shape index (κ2) is 8.11. The average molecular weight is 317 g/mol. The monoisotopic (exact) mass is 317 g/mol. The molecule has 1 heterocycles. The van der Waals surface area contributed by atoms with E-state index in [-0.39, 0.29) is 11.8 Å². The zero-order chi connectivity index (χ0) is 16.8. The fraction of sp³-hybridized carbons (Fsp3) is 0.556. The molecule has 23 heavy (non-hydrogen) atoms. The summed E-state index contributed by atoms with van der Waals surface area (Å²) < 4.78 is 0. The van der Waals surface area contributed by atoms with Crippen molar-refractivity contribution in [1.82, 2.24) is 14.7 Å². The fourth-order valence-electron chi connectivity index (χ4n) is 2.82. The van der Waals surface area contributed by atoms with E-state index < -0.39 is 0 Å². The van der Waals surface area contributed by atoms with Crippen molar-refractivity contribution < 1.29 is 9.59 Å². The summed E-state index contributed by atoms with van der Waals surface area (Å²) in [6.45, 7) is 5.59. The minimum absolute atomic E-state index is 0.115. The molecular weight excluding hydrogens is 290 g/mol. The summed E-state index contributed by atoms with van der Waals surface area (Å²) in [6, 6.07) is 8.11. The van der Waals surface area contributed by atoms with E-state index in [2.05, 4.69) is 11.0 Å². The lowest BCUT2D eigenvalue weighted by molar-refractivity contribution is -0.130. The van der Waals surface area contributed by atoms with Gasteiger partial charge in [0.15, 0.2) is 0 Å². The van der Waals surface area contributed by atoms with Crippen molar-refractivity contribution in [3.05, 3.63) is 35.4 Å². The molecule has 0 saturated carbocycles. The molecule has 0 aromatic heterocycles. The average Bonchev–Trinajstić information content (AvgIpc) is 2.72. The van der Waals surface area contributed by atoms with Gasteiger partial charge in [-0.15, -0.1) is 0 Å². The van der Waals surface area contributed by atoms with E-state index in [1.807, 2.05) is 30.0 Å². The van der Waals surface area contributed by atoms with E-state index in [9.17, 15) is 9.59 Å². The lowest BCUT2D eigenvalue weighted by Crippen LogP contribution is -2.40. The van der Waals surface area contributed by atoms with E-state index >= 15 is 0 Å². The highest BCUT2D eigenvalue weighted by molar-refractivity contribution is 5.79. The third kappa shape index (κ3) is 5.36. The lowest BCUT2D eigenvalue weighted by atomic mass is 10.1. The van der Waals surface area contributed by atoms with Gasteiger partial charge >= 0.3 is 0 Å². The van der Waals surface area contributed by atoms with Crippen LogP contribution in [0, 0.1) is 6.92 Å². The molecule has 1 aliphatic heterocycles. The first-order valence-electron chi connectivity index (χ1n) is 8.21. The molecule has 1 aromatic rings. The zero-order valence-corrected chi connectivity index (χ0v) is 14.4. The van der Waals surface area contributed by atoms with Crippen molar-refractivity contribution >= 4 is 11.8 Å². The summed E-state index contributed by atoms with van der Waals surface area (Å²) >= 11 is 0. The van der Waals surface area contributed by atoms with Crippen LogP contribution in [0.3, 0.4) is 0 Å². The molecule has 0 radical (unpaired) electrons. The first-order chi connectivity index (χ1) is 11.0. The van der Waals surface area contributed by atoms with Gasteiger partial charge in [0.05, 0.1) is 13.0 Å². The maximum absolute atomic E-state index is 12.5. The van der Waals surface area contributed by atoms with Crippen LogP contribution in [0.5, 0.6) is 0 Å². The second-order valence-electron chi connectivity index (χ2n) is 6.46. The largest absolute Gasteiger partial charge is 0.348 e. The maximum atomic E-state index is 12.5. The molecule has 0 aliphatic carbocycles. The number of carbonyl (C=O) groups is 2. The second-order valence-corrected chi connectivity index (χ2v) is 6.46. The van der Waals surface area contributed by atoms with Gasteiger partial charge in [0, 0.05) is 40.3 Å². The van der Waals surface area contributed by atoms with Crippen LogP contribution < -0.4 is 0 Å². The number of carbonyl (C=O) groups excluding carboxylic acids is 2. The summed E-state index contributed by atoms with van der Waals surface area (Å²) in [6.07, 6.45) is 1.37. The number of aryl methyl sites for hydroxylation is 1. The number of likely N-dealkylation sites (N-methyl/N-ethyl adjacent to an activating group) is 1. The van der Waals surface area contributed by atoms with Crippen LogP contribution in [-0.2, 0) is 16.0 Å². The van der Waals surface area contributed by atoms with Crippen molar-refractivity contribution in [3.63, 3.8) is 0 Å². The number of hydrogen-bond acceptors (Lipinski definition) is 3. The third-order valence-corrected chi connectivity index (χ3v) is 4.24. The zero-order valence-electron chi connectivity index (χ0n) is 14.4. The first-order valence-corrected chi connectivity index (χ1v) is 8.21. The van der Waals surface area contributed by atoms with Gasteiger partial charge in [-0.05, 0) is 18.9 Å². The molecule has 2 amide bonds. The smallest absolute Gasteiger partial charge is 0.236 e. The van der Waals surface area contributed by atoms with Gasteiger partial charge in [-0.1, -0.05) is 29.8 Å². The number of amides is 2. The van der Waals surface area contributed by atoms with Gasteiger partial charge in [0.2, 0.25) is 11.8 Å². The number of rotatable bonds is 4.